The fourth-order valence-electron chi connectivity index (χ4n) is 4.88. The third-order valence-corrected chi connectivity index (χ3v) is 9.37. The van der Waals surface area contributed by atoms with Gasteiger partial charge in [-0.25, -0.2) is 8.42 Å². The topological polar surface area (TPSA) is 86.8 Å². The van der Waals surface area contributed by atoms with E-state index in [9.17, 15) is 18.0 Å². The molecule has 39 heavy (non-hydrogen) atoms. The number of amides is 2. The lowest BCUT2D eigenvalue weighted by atomic mass is 10.1. The van der Waals surface area contributed by atoms with Crippen molar-refractivity contribution < 1.29 is 18.0 Å². The Balaban J connectivity index is 1.69. The molecule has 9 heteroatoms. The number of carbonyl (C=O) groups excluding carboxylic acids is 2. The maximum atomic E-state index is 14.0. The van der Waals surface area contributed by atoms with Crippen molar-refractivity contribution in [3.63, 3.8) is 0 Å². The monoisotopic (exact) mass is 611 g/mol. The van der Waals surface area contributed by atoms with Crippen molar-refractivity contribution in [2.24, 2.45) is 0 Å². The Kier molecular flexibility index (Phi) is 9.45. The minimum Gasteiger partial charge on any atom is -0.352 e. The lowest BCUT2D eigenvalue weighted by molar-refractivity contribution is -0.139. The Morgan fingerprint density at radius 3 is 2.31 bits per heavy atom. The van der Waals surface area contributed by atoms with Gasteiger partial charge in [0.25, 0.3) is 10.0 Å². The molecule has 0 aromatic heterocycles. The molecule has 0 unspecified atom stereocenters. The summed E-state index contributed by atoms with van der Waals surface area (Å²) in [6.45, 7) is 3.22. The molecule has 0 aliphatic heterocycles. The van der Waals surface area contributed by atoms with E-state index in [1.807, 2.05) is 43.3 Å². The van der Waals surface area contributed by atoms with Gasteiger partial charge in [0.1, 0.15) is 12.6 Å². The van der Waals surface area contributed by atoms with Crippen LogP contribution in [0.3, 0.4) is 0 Å². The van der Waals surface area contributed by atoms with Crippen LogP contribution in [-0.4, -0.2) is 43.8 Å². The summed E-state index contributed by atoms with van der Waals surface area (Å²) in [7, 11) is -4.07. The number of aryl methyl sites for hydroxylation is 1. The summed E-state index contributed by atoms with van der Waals surface area (Å²) in [5, 5.41) is 3.09. The van der Waals surface area contributed by atoms with Crippen molar-refractivity contribution in [1.29, 1.82) is 0 Å². The quantitative estimate of drug-likeness (QED) is 0.331. The van der Waals surface area contributed by atoms with Crippen LogP contribution in [0.4, 0.5) is 5.69 Å². The number of rotatable bonds is 10. The molecule has 4 rings (SSSR count). The van der Waals surface area contributed by atoms with Crippen LogP contribution in [0.5, 0.6) is 0 Å². The number of hydrogen-bond acceptors (Lipinski definition) is 4. The van der Waals surface area contributed by atoms with Crippen LogP contribution in [0.1, 0.15) is 43.7 Å². The highest BCUT2D eigenvalue weighted by atomic mass is 79.9. The van der Waals surface area contributed by atoms with Crippen LogP contribution in [-0.2, 0) is 26.2 Å². The zero-order chi connectivity index (χ0) is 28.0. The van der Waals surface area contributed by atoms with Crippen molar-refractivity contribution >= 4 is 43.5 Å². The molecular formula is C30H34BrN3O4S. The van der Waals surface area contributed by atoms with Crippen molar-refractivity contribution in [1.82, 2.24) is 10.2 Å². The normalized spacial score (nSPS) is 14.5. The molecule has 0 bridgehead atoms. The van der Waals surface area contributed by atoms with E-state index < -0.39 is 28.5 Å². The number of halogens is 1. The number of nitrogens with one attached hydrogen (secondary N) is 1. The largest absolute Gasteiger partial charge is 0.352 e. The SMILES string of the molecule is Cc1ccccc1N(CC(=O)N(Cc1cccc(Br)c1)[C@H](C)C(=O)NC1CCCC1)S(=O)(=O)c1ccccc1. The zero-order valence-electron chi connectivity index (χ0n) is 22.2. The zero-order valence-corrected chi connectivity index (χ0v) is 24.6. The van der Waals surface area contributed by atoms with Crippen LogP contribution >= 0.6 is 15.9 Å². The van der Waals surface area contributed by atoms with E-state index in [-0.39, 0.29) is 23.4 Å². The molecule has 1 fully saturated rings. The number of benzene rings is 3. The molecule has 0 spiro atoms. The van der Waals surface area contributed by atoms with Crippen molar-refractivity contribution in [3.05, 3.63) is 94.5 Å². The maximum absolute atomic E-state index is 14.0. The smallest absolute Gasteiger partial charge is 0.264 e. The first-order valence-corrected chi connectivity index (χ1v) is 15.4. The van der Waals surface area contributed by atoms with Gasteiger partial charge in [0.05, 0.1) is 10.6 Å². The summed E-state index contributed by atoms with van der Waals surface area (Å²) in [5.41, 5.74) is 1.96. The average molecular weight is 613 g/mol. The molecular weight excluding hydrogens is 578 g/mol. The van der Waals surface area contributed by atoms with E-state index in [0.29, 0.717) is 5.69 Å². The second-order valence-electron chi connectivity index (χ2n) is 9.93. The second kappa shape index (κ2) is 12.8. The summed E-state index contributed by atoms with van der Waals surface area (Å²) < 4.78 is 29.7. The van der Waals surface area contributed by atoms with Gasteiger partial charge in [-0.05, 0) is 68.1 Å². The first-order chi connectivity index (χ1) is 18.7. The third-order valence-electron chi connectivity index (χ3n) is 7.11. The van der Waals surface area contributed by atoms with Crippen molar-refractivity contribution in [2.75, 3.05) is 10.8 Å². The number of sulfonamides is 1. The van der Waals surface area contributed by atoms with Gasteiger partial charge in [-0.2, -0.15) is 0 Å². The van der Waals surface area contributed by atoms with E-state index in [4.69, 9.17) is 0 Å². The third kappa shape index (κ3) is 7.08. The molecule has 7 nitrogen and oxygen atoms in total. The minimum atomic E-state index is -4.07. The van der Waals surface area contributed by atoms with Crippen LogP contribution in [0.2, 0.25) is 0 Å². The minimum absolute atomic E-state index is 0.0895. The molecule has 2 amide bonds. The Morgan fingerprint density at radius 1 is 0.974 bits per heavy atom. The van der Waals surface area contributed by atoms with Crippen LogP contribution in [0.25, 0.3) is 0 Å². The summed E-state index contributed by atoms with van der Waals surface area (Å²) in [4.78, 5) is 28.9. The number of para-hydroxylation sites is 1. The van der Waals surface area contributed by atoms with E-state index >= 15 is 0 Å². The molecule has 3 aromatic carbocycles. The van der Waals surface area contributed by atoms with Crippen LogP contribution in [0.15, 0.2) is 88.2 Å². The lowest BCUT2D eigenvalue weighted by Crippen LogP contribution is -2.52. The number of hydrogen-bond donors (Lipinski definition) is 1. The predicted molar refractivity (Wildman–Crippen MR) is 157 cm³/mol. The highest BCUT2D eigenvalue weighted by molar-refractivity contribution is 9.10. The Morgan fingerprint density at radius 2 is 1.64 bits per heavy atom. The summed E-state index contributed by atoms with van der Waals surface area (Å²) in [6.07, 6.45) is 3.99. The van der Waals surface area contributed by atoms with E-state index in [0.717, 1.165) is 45.6 Å². The molecule has 0 heterocycles. The van der Waals surface area contributed by atoms with E-state index in [1.165, 1.54) is 17.0 Å². The fraction of sp³-hybridized carbons (Fsp3) is 0.333. The van der Waals surface area contributed by atoms with Gasteiger partial charge in [0, 0.05) is 17.1 Å². The first kappa shape index (κ1) is 28.8. The second-order valence-corrected chi connectivity index (χ2v) is 12.7. The Hall–Kier alpha value is -3.17. The molecule has 206 valence electrons. The van der Waals surface area contributed by atoms with E-state index in [1.54, 1.807) is 37.3 Å². The molecule has 1 aliphatic carbocycles. The number of nitrogens with zero attached hydrogens (tertiary/aromatic N) is 2. The van der Waals surface area contributed by atoms with Crippen LogP contribution in [0, 0.1) is 6.92 Å². The Bertz CT molecular complexity index is 1410. The van der Waals surface area contributed by atoms with E-state index in [2.05, 4.69) is 21.2 Å². The van der Waals surface area contributed by atoms with Gasteiger partial charge in [0.15, 0.2) is 0 Å². The molecule has 1 atom stereocenters. The molecule has 0 saturated heterocycles. The van der Waals surface area contributed by atoms with Gasteiger partial charge >= 0.3 is 0 Å². The van der Waals surface area contributed by atoms with Gasteiger partial charge in [-0.3, -0.25) is 13.9 Å². The van der Waals surface area contributed by atoms with Gasteiger partial charge in [-0.1, -0.05) is 77.3 Å². The summed E-state index contributed by atoms with van der Waals surface area (Å²) in [5.74, 6) is -0.703. The molecule has 1 N–H and O–H groups in total. The predicted octanol–water partition coefficient (Wildman–Crippen LogP) is 5.43. The van der Waals surface area contributed by atoms with Gasteiger partial charge in [0.2, 0.25) is 11.8 Å². The maximum Gasteiger partial charge on any atom is 0.264 e. The van der Waals surface area contributed by atoms with Crippen LogP contribution < -0.4 is 9.62 Å². The van der Waals surface area contributed by atoms with Gasteiger partial charge < -0.3 is 10.2 Å². The number of carbonyl (C=O) groups is 2. The molecule has 0 radical (unpaired) electrons. The average Bonchev–Trinajstić information content (AvgIpc) is 3.44. The van der Waals surface area contributed by atoms with Gasteiger partial charge in [-0.15, -0.1) is 0 Å². The molecule has 1 saturated carbocycles. The molecule has 3 aromatic rings. The molecule has 1 aliphatic rings. The van der Waals surface area contributed by atoms with Crippen molar-refractivity contribution in [3.8, 4) is 0 Å². The summed E-state index contributed by atoms with van der Waals surface area (Å²) in [6, 6.07) is 22.0. The summed E-state index contributed by atoms with van der Waals surface area (Å²) >= 11 is 3.47. The number of anilines is 1. The fourth-order valence-corrected chi connectivity index (χ4v) is 6.83. The van der Waals surface area contributed by atoms with Crippen molar-refractivity contribution in [2.45, 2.75) is 63.1 Å². The Labute approximate surface area is 239 Å². The highest BCUT2D eigenvalue weighted by Crippen LogP contribution is 2.27. The first-order valence-electron chi connectivity index (χ1n) is 13.1. The highest BCUT2D eigenvalue weighted by Gasteiger charge is 2.33. The lowest BCUT2D eigenvalue weighted by Gasteiger charge is -2.33. The standard InChI is InChI=1S/C30H34BrN3O4S/c1-22-11-6-9-18-28(22)34(39(37,38)27-16-4-3-5-17-27)21-29(35)33(20-24-12-10-13-25(31)19-24)23(2)30(36)32-26-14-7-8-15-26/h3-6,9-13,16-19,23,26H,7-8,14-15,20-21H2,1-2H3,(H,32,36)/t23-/m1/s1.